The molecule has 29 heavy (non-hydrogen) atoms. The molecule has 1 heterocycles. The van der Waals surface area contributed by atoms with Crippen molar-refractivity contribution in [2.45, 2.75) is 31.3 Å². The minimum absolute atomic E-state index is 0.0296. The molecule has 5 N–H and O–H groups in total. The van der Waals surface area contributed by atoms with E-state index in [1.165, 1.54) is 28.2 Å². The number of aromatic amines is 1. The Bertz CT molecular complexity index is 1040. The van der Waals surface area contributed by atoms with Crippen molar-refractivity contribution in [1.29, 1.82) is 0 Å². The van der Waals surface area contributed by atoms with E-state index in [0.717, 1.165) is 30.3 Å². The highest BCUT2D eigenvalue weighted by Crippen LogP contribution is 2.33. The van der Waals surface area contributed by atoms with Crippen molar-refractivity contribution in [2.75, 3.05) is 6.61 Å². The number of rotatable bonds is 7. The van der Waals surface area contributed by atoms with Gasteiger partial charge in [0.15, 0.2) is 0 Å². The smallest absolute Gasteiger partial charge is 0.267 e. The van der Waals surface area contributed by atoms with E-state index in [1.54, 1.807) is 11.6 Å². The number of aliphatic hydroxyl groups excluding tert-OH is 1. The fourth-order valence-corrected chi connectivity index (χ4v) is 4.15. The number of aliphatic hydroxyl groups is 1. The average Bonchev–Trinajstić information content (AvgIpc) is 3.35. The summed E-state index contributed by atoms with van der Waals surface area (Å²) in [6.07, 6.45) is 7.69. The molecular formula is C23H25N3O3. The zero-order valence-corrected chi connectivity index (χ0v) is 16.1. The second-order valence-electron chi connectivity index (χ2n) is 7.47. The van der Waals surface area contributed by atoms with E-state index >= 15 is 0 Å². The monoisotopic (exact) mass is 391 g/mol. The van der Waals surface area contributed by atoms with Gasteiger partial charge in [-0.15, -0.1) is 0 Å². The van der Waals surface area contributed by atoms with E-state index in [1.807, 2.05) is 24.4 Å². The van der Waals surface area contributed by atoms with Crippen LogP contribution in [0.1, 0.15) is 34.7 Å². The Labute approximate surface area is 169 Å². The third-order valence-electron chi connectivity index (χ3n) is 5.58. The zero-order valence-electron chi connectivity index (χ0n) is 16.1. The summed E-state index contributed by atoms with van der Waals surface area (Å²) in [6.45, 7) is 0.0719. The molecule has 1 unspecified atom stereocenters. The normalized spacial score (nSPS) is 17.0. The number of amides is 1. The van der Waals surface area contributed by atoms with E-state index < -0.39 is 5.91 Å². The van der Waals surface area contributed by atoms with E-state index in [4.69, 9.17) is 5.21 Å². The molecule has 0 radical (unpaired) electrons. The molecule has 0 spiro atoms. The lowest BCUT2D eigenvalue weighted by Crippen LogP contribution is -2.36. The zero-order chi connectivity index (χ0) is 20.2. The number of H-pyrrole nitrogens is 1. The summed E-state index contributed by atoms with van der Waals surface area (Å²) in [5.74, 6) is -0.548. The molecule has 0 saturated carbocycles. The van der Waals surface area contributed by atoms with Gasteiger partial charge in [0.05, 0.1) is 6.61 Å². The van der Waals surface area contributed by atoms with Gasteiger partial charge < -0.3 is 15.4 Å². The van der Waals surface area contributed by atoms with Gasteiger partial charge in [-0.25, -0.2) is 5.48 Å². The van der Waals surface area contributed by atoms with Crippen molar-refractivity contribution < 1.29 is 15.1 Å². The van der Waals surface area contributed by atoms with E-state index in [-0.39, 0.29) is 18.7 Å². The molecule has 1 aliphatic carbocycles. The van der Waals surface area contributed by atoms with Gasteiger partial charge in [0, 0.05) is 35.3 Å². The predicted molar refractivity (Wildman–Crippen MR) is 112 cm³/mol. The lowest BCUT2D eigenvalue weighted by atomic mass is 10.0. The van der Waals surface area contributed by atoms with Crippen molar-refractivity contribution in [3.8, 4) is 0 Å². The molecule has 0 fully saturated rings. The minimum atomic E-state index is -0.548. The molecule has 1 aliphatic rings. The fraction of sp³-hybridized carbons (Fsp3) is 0.261. The Kier molecular flexibility index (Phi) is 5.76. The predicted octanol–water partition coefficient (Wildman–Crippen LogP) is 2.87. The van der Waals surface area contributed by atoms with Crippen molar-refractivity contribution in [3.63, 3.8) is 0 Å². The maximum absolute atomic E-state index is 11.2. The lowest BCUT2D eigenvalue weighted by molar-refractivity contribution is -0.124. The number of carbonyl (C=O) groups excluding carboxylic acids is 1. The summed E-state index contributed by atoms with van der Waals surface area (Å²) in [6, 6.07) is 14.5. The molecule has 2 atom stereocenters. The molecular weight excluding hydrogens is 366 g/mol. The molecule has 0 bridgehead atoms. The fourth-order valence-electron chi connectivity index (χ4n) is 4.15. The van der Waals surface area contributed by atoms with Crippen LogP contribution in [0, 0.1) is 0 Å². The summed E-state index contributed by atoms with van der Waals surface area (Å²) < 4.78 is 0. The third-order valence-corrected chi connectivity index (χ3v) is 5.58. The standard InChI is InChI=1S/C23H25N3O3/c27-14-18(12-17-13-24-21-4-2-1-3-19(17)21)25-22-9-7-16-11-15(5-8-20(16)22)6-10-23(28)26-29/h1-6,8,10-11,13,18,22,24-25,27,29H,7,9,12,14H2,(H,26,28)/t18-,22?/m1/s1. The topological polar surface area (TPSA) is 97.4 Å². The number of hydrogen-bond donors (Lipinski definition) is 5. The second kappa shape index (κ2) is 8.61. The molecule has 4 rings (SSSR count). The van der Waals surface area contributed by atoms with Gasteiger partial charge in [0.25, 0.3) is 5.91 Å². The number of hydroxylamine groups is 1. The second-order valence-corrected chi connectivity index (χ2v) is 7.47. The molecule has 6 heteroatoms. The quantitative estimate of drug-likeness (QED) is 0.243. The molecule has 3 aromatic rings. The Morgan fingerprint density at radius 2 is 2.14 bits per heavy atom. The van der Waals surface area contributed by atoms with Crippen LogP contribution in [0.15, 0.2) is 54.7 Å². The Morgan fingerprint density at radius 1 is 1.28 bits per heavy atom. The number of benzene rings is 2. The molecule has 6 nitrogen and oxygen atoms in total. The van der Waals surface area contributed by atoms with Crippen LogP contribution in [-0.4, -0.2) is 33.9 Å². The minimum Gasteiger partial charge on any atom is -0.395 e. The highest BCUT2D eigenvalue weighted by molar-refractivity contribution is 5.90. The van der Waals surface area contributed by atoms with Crippen molar-refractivity contribution in [2.24, 2.45) is 0 Å². The number of carbonyl (C=O) groups is 1. The lowest BCUT2D eigenvalue weighted by Gasteiger charge is -2.22. The largest absolute Gasteiger partial charge is 0.395 e. The average molecular weight is 391 g/mol. The Morgan fingerprint density at radius 3 is 2.97 bits per heavy atom. The van der Waals surface area contributed by atoms with Gasteiger partial charge in [-0.3, -0.25) is 10.0 Å². The van der Waals surface area contributed by atoms with Crippen LogP contribution in [0.5, 0.6) is 0 Å². The molecule has 1 amide bonds. The molecule has 150 valence electrons. The summed E-state index contributed by atoms with van der Waals surface area (Å²) in [7, 11) is 0. The third kappa shape index (κ3) is 4.24. The number of para-hydroxylation sites is 1. The van der Waals surface area contributed by atoms with Crippen LogP contribution in [0.4, 0.5) is 0 Å². The summed E-state index contributed by atoms with van der Waals surface area (Å²) in [4.78, 5) is 14.5. The van der Waals surface area contributed by atoms with Crippen LogP contribution in [0.3, 0.4) is 0 Å². The van der Waals surface area contributed by atoms with Gasteiger partial charge in [0.2, 0.25) is 0 Å². The number of aryl methyl sites for hydroxylation is 1. The van der Waals surface area contributed by atoms with Crippen molar-refractivity contribution in [3.05, 3.63) is 77.0 Å². The van der Waals surface area contributed by atoms with Gasteiger partial charge in [-0.2, -0.15) is 0 Å². The molecule has 0 saturated heterocycles. The maximum atomic E-state index is 11.2. The van der Waals surface area contributed by atoms with Crippen molar-refractivity contribution >= 4 is 22.9 Å². The first kappa shape index (κ1) is 19.4. The first-order valence-corrected chi connectivity index (χ1v) is 9.85. The van der Waals surface area contributed by atoms with E-state index in [0.29, 0.717) is 0 Å². The van der Waals surface area contributed by atoms with Crippen LogP contribution < -0.4 is 10.8 Å². The van der Waals surface area contributed by atoms with E-state index in [9.17, 15) is 9.90 Å². The van der Waals surface area contributed by atoms with Gasteiger partial charge in [0.1, 0.15) is 0 Å². The van der Waals surface area contributed by atoms with Gasteiger partial charge in [-0.1, -0.05) is 36.4 Å². The van der Waals surface area contributed by atoms with Crippen LogP contribution in [0.2, 0.25) is 0 Å². The Hall–Kier alpha value is -2.93. The SMILES string of the molecule is O=C(C=Cc1ccc2c(c1)CCC2N[C@@H](CO)Cc1c[nH]c2ccccc12)NO. The van der Waals surface area contributed by atoms with Crippen LogP contribution in [-0.2, 0) is 17.6 Å². The number of nitrogens with one attached hydrogen (secondary N) is 3. The summed E-state index contributed by atoms with van der Waals surface area (Å²) in [5, 5.41) is 23.4. The summed E-state index contributed by atoms with van der Waals surface area (Å²) >= 11 is 0. The number of aromatic nitrogens is 1. The number of fused-ring (bicyclic) bond motifs is 2. The van der Waals surface area contributed by atoms with E-state index in [2.05, 4.69) is 34.6 Å². The molecule has 2 aromatic carbocycles. The highest BCUT2D eigenvalue weighted by atomic mass is 16.5. The van der Waals surface area contributed by atoms with Crippen molar-refractivity contribution in [1.82, 2.24) is 15.8 Å². The first-order valence-electron chi connectivity index (χ1n) is 9.85. The maximum Gasteiger partial charge on any atom is 0.267 e. The molecule has 1 aromatic heterocycles. The summed E-state index contributed by atoms with van der Waals surface area (Å²) in [5.41, 5.74) is 7.32. The highest BCUT2D eigenvalue weighted by Gasteiger charge is 2.25. The first-order chi connectivity index (χ1) is 14.2. The Balaban J connectivity index is 1.46. The van der Waals surface area contributed by atoms with Gasteiger partial charge >= 0.3 is 0 Å². The van der Waals surface area contributed by atoms with Crippen LogP contribution in [0.25, 0.3) is 17.0 Å². The van der Waals surface area contributed by atoms with Gasteiger partial charge in [-0.05, 0) is 53.7 Å². The van der Waals surface area contributed by atoms with Crippen LogP contribution >= 0.6 is 0 Å². The molecule has 0 aliphatic heterocycles. The number of hydrogen-bond acceptors (Lipinski definition) is 4.